The first kappa shape index (κ1) is 19.4. The zero-order valence-corrected chi connectivity index (χ0v) is 16.0. The van der Waals surface area contributed by atoms with Gasteiger partial charge in [0.1, 0.15) is 0 Å². The highest BCUT2D eigenvalue weighted by Crippen LogP contribution is 2.22. The highest BCUT2D eigenvalue weighted by Gasteiger charge is 2.33. The molecule has 1 amide bonds. The molecule has 5 nitrogen and oxygen atoms in total. The summed E-state index contributed by atoms with van der Waals surface area (Å²) in [6.45, 7) is 0.122. The summed E-state index contributed by atoms with van der Waals surface area (Å²) in [4.78, 5) is 34.2. The predicted octanol–water partition coefficient (Wildman–Crippen LogP) is 4.38. The van der Waals surface area contributed by atoms with E-state index in [1.807, 2.05) is 42.5 Å². The molecule has 0 aliphatic rings. The van der Waals surface area contributed by atoms with Crippen LogP contribution in [0.1, 0.15) is 16.2 Å². The monoisotopic (exact) mass is 399 g/mol. The van der Waals surface area contributed by atoms with Gasteiger partial charge in [-0.3, -0.25) is 9.59 Å². The van der Waals surface area contributed by atoms with E-state index in [1.54, 1.807) is 30.3 Å². The van der Waals surface area contributed by atoms with Gasteiger partial charge in [-0.2, -0.15) is 0 Å². The number of fused-ring (bicyclic) bond motifs is 1. The van der Waals surface area contributed by atoms with E-state index in [4.69, 9.17) is 0 Å². The van der Waals surface area contributed by atoms with Gasteiger partial charge in [0, 0.05) is 18.1 Å². The second-order valence-electron chi connectivity index (χ2n) is 6.74. The number of rotatable bonds is 6. The summed E-state index contributed by atoms with van der Waals surface area (Å²) in [5.74, 6) is -2.33. The Hall–Kier alpha value is -3.93. The van der Waals surface area contributed by atoms with Crippen LogP contribution in [0.3, 0.4) is 0 Å². The van der Waals surface area contributed by atoms with Gasteiger partial charge in [0.25, 0.3) is 5.91 Å². The molecule has 3 aromatic carbocycles. The Morgan fingerprint density at radius 1 is 0.833 bits per heavy atom. The lowest BCUT2D eigenvalue weighted by Crippen LogP contribution is -2.41. The molecule has 148 valence electrons. The predicted molar refractivity (Wildman–Crippen MR) is 113 cm³/mol. The largest absolute Gasteiger partial charge is 0.305 e. The Balaban J connectivity index is 1.65. The molecule has 6 heteroatoms. The molecule has 1 aromatic heterocycles. The number of anilines is 1. The van der Waals surface area contributed by atoms with Crippen molar-refractivity contribution in [1.29, 1.82) is 0 Å². The molecule has 1 unspecified atom stereocenters. The van der Waals surface area contributed by atoms with Gasteiger partial charge in [0.15, 0.2) is 5.82 Å². The van der Waals surface area contributed by atoms with Gasteiger partial charge in [0.2, 0.25) is 12.0 Å². The summed E-state index contributed by atoms with van der Waals surface area (Å²) >= 11 is 0. The Bertz CT molecular complexity index is 1180. The SMILES string of the molecule is O=C(c1ncccn1)C(F)C(=O)N(Cc1ccc2ccccc2c1)c1ccccc1. The molecule has 0 spiro atoms. The maximum Gasteiger partial charge on any atom is 0.270 e. The van der Waals surface area contributed by atoms with Gasteiger partial charge in [-0.1, -0.05) is 54.6 Å². The topological polar surface area (TPSA) is 63.2 Å². The molecule has 30 heavy (non-hydrogen) atoms. The normalized spacial score (nSPS) is 11.8. The fourth-order valence-corrected chi connectivity index (χ4v) is 3.21. The zero-order valence-electron chi connectivity index (χ0n) is 16.0. The fourth-order valence-electron chi connectivity index (χ4n) is 3.21. The number of hydrogen-bond acceptors (Lipinski definition) is 4. The third-order valence-electron chi connectivity index (χ3n) is 4.72. The van der Waals surface area contributed by atoms with E-state index in [2.05, 4.69) is 9.97 Å². The molecule has 0 saturated carbocycles. The van der Waals surface area contributed by atoms with Crippen LogP contribution in [0.15, 0.2) is 91.3 Å². The van der Waals surface area contributed by atoms with Crippen molar-refractivity contribution in [3.05, 3.63) is 103 Å². The van der Waals surface area contributed by atoms with E-state index >= 15 is 0 Å². The highest BCUT2D eigenvalue weighted by molar-refractivity contribution is 6.15. The van der Waals surface area contributed by atoms with Crippen LogP contribution in [-0.2, 0) is 11.3 Å². The number of benzene rings is 3. The smallest absolute Gasteiger partial charge is 0.270 e. The Labute approximate surface area is 172 Å². The summed E-state index contributed by atoms with van der Waals surface area (Å²) in [7, 11) is 0. The van der Waals surface area contributed by atoms with Crippen molar-refractivity contribution in [3.63, 3.8) is 0 Å². The number of Topliss-reactive ketones (excluding diaryl/α,β-unsaturated/α-hetero) is 1. The molecule has 0 fully saturated rings. The second kappa shape index (κ2) is 8.61. The summed E-state index contributed by atoms with van der Waals surface area (Å²) in [6.07, 6.45) is 0.274. The summed E-state index contributed by atoms with van der Waals surface area (Å²) in [5.41, 5.74) is 1.32. The first-order valence-electron chi connectivity index (χ1n) is 9.43. The van der Waals surface area contributed by atoms with Gasteiger partial charge in [-0.15, -0.1) is 0 Å². The van der Waals surface area contributed by atoms with Crippen LogP contribution < -0.4 is 4.90 Å². The molecule has 0 radical (unpaired) electrons. The van der Waals surface area contributed by atoms with Crippen molar-refractivity contribution in [2.24, 2.45) is 0 Å². The summed E-state index contributed by atoms with van der Waals surface area (Å²) in [5, 5.41) is 2.08. The molecular formula is C24H18FN3O2. The molecule has 0 bridgehead atoms. The minimum atomic E-state index is -2.40. The number of carbonyl (C=O) groups excluding carboxylic acids is 2. The molecule has 4 aromatic rings. The molecule has 0 aliphatic heterocycles. The highest BCUT2D eigenvalue weighted by atomic mass is 19.1. The third kappa shape index (κ3) is 4.07. The van der Waals surface area contributed by atoms with Crippen LogP contribution in [0.4, 0.5) is 10.1 Å². The zero-order chi connectivity index (χ0) is 20.9. The second-order valence-corrected chi connectivity index (χ2v) is 6.74. The maximum atomic E-state index is 14.9. The standard InChI is InChI=1S/C24H18FN3O2/c25-21(22(29)23-26-13-6-14-27-23)24(30)28(20-9-2-1-3-10-20)16-17-11-12-18-7-4-5-8-19(18)15-17/h1-15,21H,16H2. The number of hydrogen-bond donors (Lipinski definition) is 0. The van der Waals surface area contributed by atoms with E-state index < -0.39 is 17.9 Å². The minimum absolute atomic E-state index is 0.122. The molecule has 4 rings (SSSR count). The first-order chi connectivity index (χ1) is 14.6. The van der Waals surface area contributed by atoms with Gasteiger partial charge in [-0.05, 0) is 40.6 Å². The Morgan fingerprint density at radius 3 is 2.23 bits per heavy atom. The lowest BCUT2D eigenvalue weighted by Gasteiger charge is -2.24. The molecule has 0 N–H and O–H groups in total. The van der Waals surface area contributed by atoms with Crippen molar-refractivity contribution in [2.45, 2.75) is 12.7 Å². The third-order valence-corrected chi connectivity index (χ3v) is 4.72. The number of carbonyl (C=O) groups is 2. The van der Waals surface area contributed by atoms with E-state index in [1.165, 1.54) is 23.4 Å². The lowest BCUT2D eigenvalue weighted by atomic mass is 10.1. The summed E-state index contributed by atoms with van der Waals surface area (Å²) < 4.78 is 14.9. The number of alkyl halides is 1. The molecule has 0 aliphatic carbocycles. The van der Waals surface area contributed by atoms with Crippen molar-refractivity contribution < 1.29 is 14.0 Å². The van der Waals surface area contributed by atoms with Gasteiger partial charge < -0.3 is 4.90 Å². The summed E-state index contributed by atoms with van der Waals surface area (Å²) in [6, 6.07) is 23.9. The maximum absolute atomic E-state index is 14.9. The van der Waals surface area contributed by atoms with Crippen LogP contribution >= 0.6 is 0 Å². The number of aromatic nitrogens is 2. The lowest BCUT2D eigenvalue weighted by molar-refractivity contribution is -0.122. The van der Waals surface area contributed by atoms with Crippen LogP contribution in [0.5, 0.6) is 0 Å². The van der Waals surface area contributed by atoms with Gasteiger partial charge in [-0.25, -0.2) is 14.4 Å². The van der Waals surface area contributed by atoms with E-state index in [0.717, 1.165) is 16.3 Å². The van der Waals surface area contributed by atoms with Crippen LogP contribution in [0, 0.1) is 0 Å². The van der Waals surface area contributed by atoms with Crippen LogP contribution in [-0.4, -0.2) is 27.8 Å². The van der Waals surface area contributed by atoms with Crippen LogP contribution in [0.25, 0.3) is 10.8 Å². The van der Waals surface area contributed by atoms with Crippen molar-refractivity contribution in [3.8, 4) is 0 Å². The molecule has 1 heterocycles. The number of amides is 1. The minimum Gasteiger partial charge on any atom is -0.305 e. The van der Waals surface area contributed by atoms with E-state index in [-0.39, 0.29) is 12.4 Å². The average Bonchev–Trinajstić information content (AvgIpc) is 2.82. The van der Waals surface area contributed by atoms with E-state index in [9.17, 15) is 14.0 Å². The van der Waals surface area contributed by atoms with Crippen molar-refractivity contribution >= 4 is 28.2 Å². The Kier molecular flexibility index (Phi) is 5.57. The fraction of sp³-hybridized carbons (Fsp3) is 0.0833. The first-order valence-corrected chi connectivity index (χ1v) is 9.43. The van der Waals surface area contributed by atoms with Crippen LogP contribution in [0.2, 0.25) is 0 Å². The Morgan fingerprint density at radius 2 is 1.50 bits per heavy atom. The number of ketones is 1. The van der Waals surface area contributed by atoms with E-state index in [0.29, 0.717) is 5.69 Å². The van der Waals surface area contributed by atoms with Crippen molar-refractivity contribution in [1.82, 2.24) is 9.97 Å². The average molecular weight is 399 g/mol. The quantitative estimate of drug-likeness (QED) is 0.356. The van der Waals surface area contributed by atoms with Gasteiger partial charge in [0.05, 0.1) is 6.54 Å². The molecule has 1 atom stereocenters. The van der Waals surface area contributed by atoms with Gasteiger partial charge >= 0.3 is 0 Å². The number of nitrogens with zero attached hydrogens (tertiary/aromatic N) is 3. The molecule has 0 saturated heterocycles. The number of halogens is 1. The molecular weight excluding hydrogens is 381 g/mol. The number of para-hydroxylation sites is 1. The van der Waals surface area contributed by atoms with Crippen molar-refractivity contribution in [2.75, 3.05) is 4.90 Å².